The molecule has 0 saturated carbocycles. The van der Waals surface area contributed by atoms with Gasteiger partial charge in [0.15, 0.2) is 0 Å². The molecule has 0 aliphatic rings. The maximum Gasteiger partial charge on any atom is 2.00 e. The topological polar surface area (TPSA) is 74.6 Å². The van der Waals surface area contributed by atoms with Crippen LogP contribution in [0.15, 0.2) is 0 Å². The van der Waals surface area contributed by atoms with E-state index in [1.807, 2.05) is 0 Å². The second-order valence-electron chi connectivity index (χ2n) is 0.448. The molecule has 0 fully saturated rings. The van der Waals surface area contributed by atoms with Crippen LogP contribution in [0.25, 0.3) is 0 Å². The molecule has 9 heavy (non-hydrogen) atoms. The maximum absolute atomic E-state index is 8.74. The molecule has 2 radical (unpaired) electrons. The molecule has 0 aromatic carbocycles. The predicted molar refractivity (Wildman–Crippen MR) is 22.2 cm³/mol. The second kappa shape index (κ2) is 12.8. The Bertz CT molecular complexity index is 111. The molecule has 9 heteroatoms. The van der Waals surface area contributed by atoms with Crippen molar-refractivity contribution in [3.8, 4) is 0 Å². The summed E-state index contributed by atoms with van der Waals surface area (Å²) in [6.07, 6.45) is 0. The Labute approximate surface area is 103 Å². The zero-order valence-electron chi connectivity index (χ0n) is 5.85. The van der Waals surface area contributed by atoms with Crippen molar-refractivity contribution in [2.75, 3.05) is 0 Å². The van der Waals surface area contributed by atoms with E-state index in [2.05, 4.69) is 0 Å². The van der Waals surface area contributed by atoms with Crippen LogP contribution in [0.2, 0.25) is 0 Å². The van der Waals surface area contributed by atoms with Gasteiger partial charge in [0.1, 0.15) is 0 Å². The second-order valence-corrected chi connectivity index (χ2v) is 1.34. The monoisotopic (exact) mass is 296 g/mol. The molecule has 2 N–H and O–H groups in total. The molecule has 0 heterocycles. The Morgan fingerprint density at radius 1 is 1.22 bits per heavy atom. The molecule has 4 nitrogen and oxygen atoms in total. The van der Waals surface area contributed by atoms with Crippen LogP contribution >= 0.6 is 0 Å². The van der Waals surface area contributed by atoms with Gasteiger partial charge < -0.3 is 2.85 Å². The Morgan fingerprint density at radius 3 is 1.22 bits per heavy atom. The van der Waals surface area contributed by atoms with Crippen LogP contribution in [0.3, 0.4) is 0 Å². The first-order valence-electron chi connectivity index (χ1n) is 0.698. The minimum absolute atomic E-state index is 0. The average Bonchev–Trinajstić information content (AvgIpc) is 0.722. The van der Waals surface area contributed by atoms with E-state index in [-0.39, 0.29) is 76.2 Å². The fraction of sp³-hybridized carbons (Fsp3) is 0. The summed E-state index contributed by atoms with van der Waals surface area (Å²) in [5.41, 5.74) is 0. The number of rotatable bonds is 0. The molecule has 62 valence electrons. The van der Waals surface area contributed by atoms with Crippen molar-refractivity contribution < 1.29 is 70.7 Å². The van der Waals surface area contributed by atoms with E-state index in [1.54, 1.807) is 0 Å². The fourth-order valence-corrected chi connectivity index (χ4v) is 0. The van der Waals surface area contributed by atoms with Gasteiger partial charge in [-0.2, -0.15) is 8.42 Å². The van der Waals surface area contributed by atoms with E-state index in [0.717, 1.165) is 0 Å². The van der Waals surface area contributed by atoms with E-state index in [0.29, 0.717) is 0 Å². The van der Waals surface area contributed by atoms with Crippen LogP contribution in [0.4, 0.5) is 0 Å². The zero-order chi connectivity index (χ0) is 4.50. The van der Waals surface area contributed by atoms with E-state index >= 15 is 0 Å². The quantitative estimate of drug-likeness (QED) is 0.453. The summed E-state index contributed by atoms with van der Waals surface area (Å²) in [6, 6.07) is 0. The van der Waals surface area contributed by atoms with Crippen LogP contribution in [-0.4, -0.2) is 40.6 Å². The Morgan fingerprint density at radius 2 is 1.22 bits per heavy atom. The third-order valence-corrected chi connectivity index (χ3v) is 0. The van der Waals surface area contributed by atoms with Gasteiger partial charge in [-0.1, -0.05) is 0 Å². The van der Waals surface area contributed by atoms with Gasteiger partial charge in [-0.05, 0) is 0 Å². The van der Waals surface area contributed by atoms with E-state index in [1.165, 1.54) is 0 Å². The molecular weight excluding hydrogens is 293 g/mol. The van der Waals surface area contributed by atoms with Gasteiger partial charge in [0, 0.05) is 50.3 Å². The third kappa shape index (κ3) is 145. The van der Waals surface area contributed by atoms with Gasteiger partial charge in [0.25, 0.3) is 0 Å². The van der Waals surface area contributed by atoms with Crippen molar-refractivity contribution in [1.29, 1.82) is 0 Å². The smallest absolute Gasteiger partial charge is 1.00 e. The molecule has 0 aliphatic heterocycles. The molecule has 0 saturated heterocycles. The van der Waals surface area contributed by atoms with Crippen LogP contribution in [0.1, 0.15) is 2.85 Å². The Kier molecular flexibility index (Phi) is 43.2. The zero-order valence-corrected chi connectivity index (χ0v) is 9.29. The van der Waals surface area contributed by atoms with Crippen LogP contribution < -0.4 is 0 Å². The van der Waals surface area contributed by atoms with Gasteiger partial charge >= 0.3 is 33.5 Å². The normalized spacial score (nSPS) is 6.44. The Hall–Kier alpha value is 2.16. The van der Waals surface area contributed by atoms with Gasteiger partial charge in [0.2, 0.25) is 0 Å². The SMILES string of the molecule is O=S(=O)(O)O.[Co].[H-].[H-].[Mg+2].[Mn].[Ni]. The first-order valence-corrected chi connectivity index (χ1v) is 2.10. The molecule has 0 aromatic heterocycles. The van der Waals surface area contributed by atoms with Gasteiger partial charge in [-0.3, -0.25) is 9.11 Å². The Balaban J connectivity index is -0.00000000533. The number of hydrogen-bond donors (Lipinski definition) is 2. The molecule has 0 aliphatic carbocycles. The van der Waals surface area contributed by atoms with Crippen molar-refractivity contribution in [3.05, 3.63) is 0 Å². The van der Waals surface area contributed by atoms with Crippen molar-refractivity contribution in [2.24, 2.45) is 0 Å². The van der Waals surface area contributed by atoms with Crippen LogP contribution in [0, 0.1) is 0 Å². The summed E-state index contributed by atoms with van der Waals surface area (Å²) in [4.78, 5) is 0. The van der Waals surface area contributed by atoms with Gasteiger partial charge in [-0.25, -0.2) is 0 Å². The first-order chi connectivity index (χ1) is 2.00. The van der Waals surface area contributed by atoms with Crippen molar-refractivity contribution >= 4 is 33.5 Å². The van der Waals surface area contributed by atoms with Crippen molar-refractivity contribution in [1.82, 2.24) is 0 Å². The molecule has 0 unspecified atom stereocenters. The average molecular weight is 297 g/mol. The van der Waals surface area contributed by atoms with Crippen molar-refractivity contribution in [2.45, 2.75) is 0 Å². The third-order valence-electron chi connectivity index (χ3n) is 0. The largest absolute Gasteiger partial charge is 2.00 e. The minimum atomic E-state index is -4.67. The van der Waals surface area contributed by atoms with E-state index in [4.69, 9.17) is 17.5 Å². The summed E-state index contributed by atoms with van der Waals surface area (Å²) >= 11 is 0. The molecule has 0 atom stereocenters. The molecule has 0 amide bonds. The molecule has 0 aromatic rings. The van der Waals surface area contributed by atoms with E-state index < -0.39 is 10.4 Å². The first kappa shape index (κ1) is 30.4. The maximum atomic E-state index is 8.74. The van der Waals surface area contributed by atoms with Gasteiger partial charge in [0.05, 0.1) is 0 Å². The standard InChI is InChI=1S/Co.Mg.Mn.Ni.H2O4S.2H/c;;;;1-5(2,3)4;;/h;;;;(H2,1,2,3,4);;/q;+2;;;;2*-1. The summed E-state index contributed by atoms with van der Waals surface area (Å²) in [7, 11) is -4.67. The molecule has 0 bridgehead atoms. The molecule has 0 spiro atoms. The summed E-state index contributed by atoms with van der Waals surface area (Å²) in [5.74, 6) is 0. The summed E-state index contributed by atoms with van der Waals surface area (Å²) in [6.45, 7) is 0. The summed E-state index contributed by atoms with van der Waals surface area (Å²) < 4.78 is 31.6. The number of hydrogen-bond acceptors (Lipinski definition) is 2. The van der Waals surface area contributed by atoms with Crippen molar-refractivity contribution in [3.63, 3.8) is 0 Å². The predicted octanol–water partition coefficient (Wildman–Crippen LogP) is -0.816. The van der Waals surface area contributed by atoms with Gasteiger partial charge in [-0.15, -0.1) is 0 Å². The fourth-order valence-electron chi connectivity index (χ4n) is 0. The van der Waals surface area contributed by atoms with E-state index in [9.17, 15) is 0 Å². The summed E-state index contributed by atoms with van der Waals surface area (Å²) in [5, 5.41) is 0. The van der Waals surface area contributed by atoms with Crippen LogP contribution in [-0.2, 0) is 60.7 Å². The molecule has 0 rings (SSSR count). The van der Waals surface area contributed by atoms with Crippen LogP contribution in [0.5, 0.6) is 0 Å². The minimum Gasteiger partial charge on any atom is -1.00 e. The molecular formula is H4CoMgMnNiO4S.